The molecule has 0 saturated carbocycles. The van der Waals surface area contributed by atoms with Crippen molar-refractivity contribution >= 4 is 17.7 Å². The summed E-state index contributed by atoms with van der Waals surface area (Å²) in [7, 11) is 0. The van der Waals surface area contributed by atoms with Crippen molar-refractivity contribution in [3.8, 4) is 0 Å². The maximum absolute atomic E-state index is 13.3. The van der Waals surface area contributed by atoms with Crippen LogP contribution in [-0.2, 0) is 6.18 Å². The van der Waals surface area contributed by atoms with Gasteiger partial charge in [-0.2, -0.15) is 13.2 Å². The highest BCUT2D eigenvalue weighted by Crippen LogP contribution is 2.44. The van der Waals surface area contributed by atoms with Gasteiger partial charge in [0.05, 0.1) is 5.56 Å². The molecule has 0 unspecified atom stereocenters. The normalized spacial score (nSPS) is 18.0. The van der Waals surface area contributed by atoms with Crippen LogP contribution in [0.15, 0.2) is 48.5 Å². The molecule has 2 nitrogen and oxygen atoms in total. The van der Waals surface area contributed by atoms with Crippen LogP contribution in [0.1, 0.15) is 32.4 Å². The first-order chi connectivity index (χ1) is 11.4. The molecule has 126 valence electrons. The van der Waals surface area contributed by atoms with E-state index in [0.717, 1.165) is 11.6 Å². The summed E-state index contributed by atoms with van der Waals surface area (Å²) >= 11 is 1.37. The molecule has 3 rings (SSSR count). The molecular weight excluding hydrogens is 335 g/mol. The first-order valence-corrected chi connectivity index (χ1v) is 8.59. The van der Waals surface area contributed by atoms with Crippen molar-refractivity contribution in [1.82, 2.24) is 4.90 Å². The van der Waals surface area contributed by atoms with E-state index in [4.69, 9.17) is 0 Å². The van der Waals surface area contributed by atoms with E-state index in [1.165, 1.54) is 28.8 Å². The lowest BCUT2D eigenvalue weighted by Crippen LogP contribution is -2.31. The van der Waals surface area contributed by atoms with Crippen molar-refractivity contribution in [2.45, 2.75) is 18.5 Å². The highest BCUT2D eigenvalue weighted by molar-refractivity contribution is 7.99. The van der Waals surface area contributed by atoms with Gasteiger partial charge in [-0.25, -0.2) is 0 Å². The molecule has 1 fully saturated rings. The van der Waals surface area contributed by atoms with Crippen LogP contribution in [0.3, 0.4) is 0 Å². The van der Waals surface area contributed by atoms with Crippen LogP contribution in [0.5, 0.6) is 0 Å². The number of halogens is 3. The van der Waals surface area contributed by atoms with Gasteiger partial charge in [-0.05, 0) is 30.2 Å². The Morgan fingerprint density at radius 2 is 1.79 bits per heavy atom. The molecule has 1 heterocycles. The smallest absolute Gasteiger partial charge is 0.322 e. The number of aryl methyl sites for hydroxylation is 1. The molecule has 2 aromatic carbocycles. The molecule has 1 amide bonds. The van der Waals surface area contributed by atoms with Crippen molar-refractivity contribution in [2.24, 2.45) is 0 Å². The summed E-state index contributed by atoms with van der Waals surface area (Å²) in [6.45, 7) is 2.27. The summed E-state index contributed by atoms with van der Waals surface area (Å²) in [5.74, 6) is 0.397. The molecule has 0 radical (unpaired) electrons. The third-order valence-corrected chi connectivity index (χ3v) is 5.30. The summed E-state index contributed by atoms with van der Waals surface area (Å²) in [6.07, 6.45) is -4.43. The quantitative estimate of drug-likeness (QED) is 0.767. The molecule has 0 N–H and O–H groups in total. The fraction of sp³-hybridized carbons (Fsp3) is 0.278. The van der Waals surface area contributed by atoms with Gasteiger partial charge in [-0.1, -0.05) is 36.4 Å². The van der Waals surface area contributed by atoms with Crippen molar-refractivity contribution < 1.29 is 18.0 Å². The lowest BCUT2D eigenvalue weighted by atomic mass is 10.0. The number of carbonyl (C=O) groups excluding carboxylic acids is 1. The number of rotatable bonds is 2. The lowest BCUT2D eigenvalue weighted by Gasteiger charge is -2.27. The van der Waals surface area contributed by atoms with Crippen molar-refractivity contribution in [1.29, 1.82) is 0 Å². The van der Waals surface area contributed by atoms with Crippen LogP contribution in [0.2, 0.25) is 0 Å². The van der Waals surface area contributed by atoms with E-state index < -0.39 is 17.1 Å². The molecule has 1 aliphatic heterocycles. The minimum Gasteiger partial charge on any atom is -0.322 e. The van der Waals surface area contributed by atoms with E-state index in [1.54, 1.807) is 18.2 Å². The predicted molar refractivity (Wildman–Crippen MR) is 88.9 cm³/mol. The number of thioether (sulfide) groups is 1. The maximum atomic E-state index is 13.3. The largest absolute Gasteiger partial charge is 0.416 e. The Labute approximate surface area is 142 Å². The number of amides is 1. The third-order valence-electron chi connectivity index (χ3n) is 4.06. The second kappa shape index (κ2) is 6.51. The number of hydrogen-bond acceptors (Lipinski definition) is 2. The van der Waals surface area contributed by atoms with Gasteiger partial charge >= 0.3 is 6.18 Å². The molecule has 0 bridgehead atoms. The molecule has 0 spiro atoms. The SMILES string of the molecule is Cc1ccccc1C(=O)N1CCS[C@H]1c1ccccc1C(F)(F)F. The van der Waals surface area contributed by atoms with Crippen LogP contribution < -0.4 is 0 Å². The first-order valence-electron chi connectivity index (χ1n) is 7.54. The first kappa shape index (κ1) is 16.9. The predicted octanol–water partition coefficient (Wildman–Crippen LogP) is 4.90. The minimum absolute atomic E-state index is 0.148. The topological polar surface area (TPSA) is 20.3 Å². The highest BCUT2D eigenvalue weighted by atomic mass is 32.2. The number of carbonyl (C=O) groups is 1. The lowest BCUT2D eigenvalue weighted by molar-refractivity contribution is -0.138. The van der Waals surface area contributed by atoms with E-state index >= 15 is 0 Å². The number of benzene rings is 2. The van der Waals surface area contributed by atoms with Gasteiger partial charge in [-0.15, -0.1) is 11.8 Å². The van der Waals surface area contributed by atoms with Gasteiger partial charge in [0.15, 0.2) is 0 Å². The molecule has 2 aromatic rings. The molecule has 0 aliphatic carbocycles. The van der Waals surface area contributed by atoms with E-state index in [1.807, 2.05) is 19.1 Å². The van der Waals surface area contributed by atoms with Crippen LogP contribution in [0, 0.1) is 6.92 Å². The number of nitrogens with zero attached hydrogens (tertiary/aromatic N) is 1. The Bertz CT molecular complexity index is 760. The van der Waals surface area contributed by atoms with Gasteiger partial charge < -0.3 is 4.90 Å². The van der Waals surface area contributed by atoms with Crippen LogP contribution in [0.25, 0.3) is 0 Å². The Hall–Kier alpha value is -1.95. The zero-order valence-corrected chi connectivity index (χ0v) is 13.8. The molecular formula is C18H16F3NOS. The van der Waals surface area contributed by atoms with E-state index in [9.17, 15) is 18.0 Å². The molecule has 6 heteroatoms. The fourth-order valence-corrected chi connectivity index (χ4v) is 4.17. The average Bonchev–Trinajstić information content (AvgIpc) is 3.03. The van der Waals surface area contributed by atoms with Crippen LogP contribution in [0.4, 0.5) is 13.2 Å². The van der Waals surface area contributed by atoms with E-state index in [-0.39, 0.29) is 11.5 Å². The van der Waals surface area contributed by atoms with Crippen LogP contribution >= 0.6 is 11.8 Å². The Kier molecular flexibility index (Phi) is 4.58. The Morgan fingerprint density at radius 3 is 2.50 bits per heavy atom. The maximum Gasteiger partial charge on any atom is 0.416 e. The Morgan fingerprint density at radius 1 is 1.12 bits per heavy atom. The average molecular weight is 351 g/mol. The van der Waals surface area contributed by atoms with Gasteiger partial charge in [0.2, 0.25) is 0 Å². The van der Waals surface area contributed by atoms with Crippen molar-refractivity contribution in [2.75, 3.05) is 12.3 Å². The number of alkyl halides is 3. The zero-order chi connectivity index (χ0) is 17.3. The molecule has 1 saturated heterocycles. The summed E-state index contributed by atoms with van der Waals surface area (Å²) in [5, 5.41) is -0.616. The Balaban J connectivity index is 1.98. The van der Waals surface area contributed by atoms with Crippen LogP contribution in [-0.4, -0.2) is 23.1 Å². The number of hydrogen-bond donors (Lipinski definition) is 0. The monoisotopic (exact) mass is 351 g/mol. The van der Waals surface area contributed by atoms with E-state index in [0.29, 0.717) is 17.9 Å². The van der Waals surface area contributed by atoms with Gasteiger partial charge in [0.25, 0.3) is 5.91 Å². The zero-order valence-electron chi connectivity index (χ0n) is 13.0. The fourth-order valence-electron chi connectivity index (χ4n) is 2.87. The summed E-state index contributed by atoms with van der Waals surface area (Å²) < 4.78 is 39.9. The van der Waals surface area contributed by atoms with Crippen molar-refractivity contribution in [3.05, 3.63) is 70.8 Å². The van der Waals surface area contributed by atoms with Gasteiger partial charge in [0, 0.05) is 17.9 Å². The molecule has 24 heavy (non-hydrogen) atoms. The van der Waals surface area contributed by atoms with Gasteiger partial charge in [-0.3, -0.25) is 4.79 Å². The molecule has 0 aromatic heterocycles. The van der Waals surface area contributed by atoms with E-state index in [2.05, 4.69) is 0 Å². The second-order valence-electron chi connectivity index (χ2n) is 5.62. The highest BCUT2D eigenvalue weighted by Gasteiger charge is 2.39. The molecule has 1 aliphatic rings. The van der Waals surface area contributed by atoms with Crippen molar-refractivity contribution in [3.63, 3.8) is 0 Å². The second-order valence-corrected chi connectivity index (χ2v) is 6.81. The standard InChI is InChI=1S/C18H16F3NOS/c1-12-6-2-3-7-13(12)16(23)22-10-11-24-17(22)14-8-4-5-9-15(14)18(19,20)21/h2-9,17H,10-11H2,1H3/t17-/m0/s1. The van der Waals surface area contributed by atoms with Gasteiger partial charge in [0.1, 0.15) is 5.37 Å². The third kappa shape index (κ3) is 3.15. The summed E-state index contributed by atoms with van der Waals surface area (Å²) in [5.41, 5.74) is 0.832. The molecule has 1 atom stereocenters. The summed E-state index contributed by atoms with van der Waals surface area (Å²) in [6, 6.07) is 12.6. The minimum atomic E-state index is -4.43. The summed E-state index contributed by atoms with van der Waals surface area (Å²) in [4.78, 5) is 14.4.